The standard InChI is InChI=1S/C18H15ClF3N5/c1-10-8-12(19)4-7-14(10)27-17-15(23)16(24-9-25-17)26-13-5-2-11(3-6-13)18(20,21)22/h2-9H,23H2,1H3,(H2,24,25,26,27). The maximum absolute atomic E-state index is 12.7. The second kappa shape index (κ2) is 7.32. The molecule has 0 unspecified atom stereocenters. The van der Waals surface area contributed by atoms with Gasteiger partial charge in [-0.15, -0.1) is 0 Å². The van der Waals surface area contributed by atoms with E-state index in [-0.39, 0.29) is 11.5 Å². The quantitative estimate of drug-likeness (QED) is 0.543. The topological polar surface area (TPSA) is 75.9 Å². The molecular weight excluding hydrogens is 379 g/mol. The molecule has 0 atom stereocenters. The second-order valence-electron chi connectivity index (χ2n) is 5.77. The molecule has 0 spiro atoms. The predicted molar refractivity (Wildman–Crippen MR) is 101 cm³/mol. The second-order valence-corrected chi connectivity index (χ2v) is 6.21. The summed E-state index contributed by atoms with van der Waals surface area (Å²) in [7, 11) is 0. The van der Waals surface area contributed by atoms with Crippen LogP contribution in [0.1, 0.15) is 11.1 Å². The molecule has 9 heteroatoms. The molecule has 0 radical (unpaired) electrons. The Hall–Kier alpha value is -3.00. The Labute approximate surface area is 158 Å². The van der Waals surface area contributed by atoms with Crippen molar-refractivity contribution in [1.82, 2.24) is 9.97 Å². The highest BCUT2D eigenvalue weighted by molar-refractivity contribution is 6.30. The number of alkyl halides is 3. The minimum absolute atomic E-state index is 0.228. The molecule has 0 saturated carbocycles. The summed E-state index contributed by atoms with van der Waals surface area (Å²) in [6.07, 6.45) is -3.09. The first-order chi connectivity index (χ1) is 12.7. The van der Waals surface area contributed by atoms with Crippen molar-refractivity contribution in [2.24, 2.45) is 0 Å². The van der Waals surface area contributed by atoms with E-state index in [4.69, 9.17) is 17.3 Å². The Kier molecular flexibility index (Phi) is 5.09. The Balaban J connectivity index is 1.82. The Morgan fingerprint density at radius 3 is 2.19 bits per heavy atom. The summed E-state index contributed by atoms with van der Waals surface area (Å²) in [4.78, 5) is 8.17. The van der Waals surface area contributed by atoms with Crippen molar-refractivity contribution in [1.29, 1.82) is 0 Å². The van der Waals surface area contributed by atoms with Gasteiger partial charge in [-0.25, -0.2) is 9.97 Å². The van der Waals surface area contributed by atoms with Crippen LogP contribution in [-0.2, 0) is 6.18 Å². The molecule has 0 amide bonds. The van der Waals surface area contributed by atoms with E-state index in [2.05, 4.69) is 20.6 Å². The third-order valence-electron chi connectivity index (χ3n) is 3.80. The van der Waals surface area contributed by atoms with E-state index in [1.165, 1.54) is 18.5 Å². The number of nitrogens with zero attached hydrogens (tertiary/aromatic N) is 2. The first-order valence-electron chi connectivity index (χ1n) is 7.82. The number of aromatic nitrogens is 2. The van der Waals surface area contributed by atoms with Crippen LogP contribution in [0.4, 0.5) is 41.9 Å². The van der Waals surface area contributed by atoms with Crippen LogP contribution in [0.3, 0.4) is 0 Å². The van der Waals surface area contributed by atoms with Gasteiger partial charge in [0.05, 0.1) is 5.56 Å². The fraction of sp³-hybridized carbons (Fsp3) is 0.111. The van der Waals surface area contributed by atoms with Crippen molar-refractivity contribution in [3.05, 3.63) is 64.9 Å². The van der Waals surface area contributed by atoms with Crippen molar-refractivity contribution in [3.63, 3.8) is 0 Å². The number of hydrogen-bond donors (Lipinski definition) is 3. The molecule has 0 fully saturated rings. The number of nitrogens with one attached hydrogen (secondary N) is 2. The fourth-order valence-corrected chi connectivity index (χ4v) is 2.60. The molecule has 0 aliphatic carbocycles. The van der Waals surface area contributed by atoms with Crippen molar-refractivity contribution < 1.29 is 13.2 Å². The molecule has 27 heavy (non-hydrogen) atoms. The maximum Gasteiger partial charge on any atom is 0.416 e. The van der Waals surface area contributed by atoms with Crippen LogP contribution in [0.25, 0.3) is 0 Å². The van der Waals surface area contributed by atoms with Crippen LogP contribution in [0.5, 0.6) is 0 Å². The summed E-state index contributed by atoms with van der Waals surface area (Å²) >= 11 is 5.95. The van der Waals surface area contributed by atoms with Gasteiger partial charge < -0.3 is 16.4 Å². The zero-order valence-corrected chi connectivity index (χ0v) is 14.9. The van der Waals surface area contributed by atoms with E-state index < -0.39 is 11.7 Å². The van der Waals surface area contributed by atoms with Gasteiger partial charge in [0.2, 0.25) is 0 Å². The highest BCUT2D eigenvalue weighted by Gasteiger charge is 2.29. The molecule has 0 saturated heterocycles. The lowest BCUT2D eigenvalue weighted by Gasteiger charge is -2.14. The molecule has 0 aliphatic rings. The molecule has 5 nitrogen and oxygen atoms in total. The molecule has 3 aromatic rings. The summed E-state index contributed by atoms with van der Waals surface area (Å²) in [5, 5.41) is 6.61. The largest absolute Gasteiger partial charge is 0.416 e. The number of nitrogen functional groups attached to an aromatic ring is 1. The third kappa shape index (κ3) is 4.40. The summed E-state index contributed by atoms with van der Waals surface area (Å²) < 4.78 is 38.0. The zero-order valence-electron chi connectivity index (χ0n) is 14.1. The Morgan fingerprint density at radius 2 is 1.59 bits per heavy atom. The van der Waals surface area contributed by atoms with Gasteiger partial charge in [-0.05, 0) is 55.0 Å². The van der Waals surface area contributed by atoms with E-state index in [9.17, 15) is 13.2 Å². The third-order valence-corrected chi connectivity index (χ3v) is 4.04. The normalized spacial score (nSPS) is 11.3. The van der Waals surface area contributed by atoms with Crippen LogP contribution in [0, 0.1) is 6.92 Å². The average Bonchev–Trinajstić information content (AvgIpc) is 2.60. The Bertz CT molecular complexity index is 958. The number of rotatable bonds is 4. The predicted octanol–water partition coefficient (Wildman–Crippen LogP) is 5.53. The molecule has 3 rings (SSSR count). The minimum atomic E-state index is -4.39. The first kappa shape index (κ1) is 18.8. The number of benzene rings is 2. The summed E-state index contributed by atoms with van der Waals surface area (Å²) in [6.45, 7) is 1.88. The zero-order chi connectivity index (χ0) is 19.6. The van der Waals surface area contributed by atoms with E-state index in [0.717, 1.165) is 23.4 Å². The average molecular weight is 394 g/mol. The van der Waals surface area contributed by atoms with Crippen LogP contribution in [-0.4, -0.2) is 9.97 Å². The van der Waals surface area contributed by atoms with Crippen LogP contribution < -0.4 is 16.4 Å². The highest BCUT2D eigenvalue weighted by atomic mass is 35.5. The molecule has 1 aromatic heterocycles. The SMILES string of the molecule is Cc1cc(Cl)ccc1Nc1ncnc(Nc2ccc(C(F)(F)F)cc2)c1N. The van der Waals surface area contributed by atoms with Crippen molar-refractivity contribution in [3.8, 4) is 0 Å². The monoisotopic (exact) mass is 393 g/mol. The van der Waals surface area contributed by atoms with Gasteiger partial charge in [0.25, 0.3) is 0 Å². The summed E-state index contributed by atoms with van der Waals surface area (Å²) in [5.41, 5.74) is 7.69. The Morgan fingerprint density at radius 1 is 0.963 bits per heavy atom. The first-order valence-corrected chi connectivity index (χ1v) is 8.20. The van der Waals surface area contributed by atoms with Crippen LogP contribution in [0.2, 0.25) is 5.02 Å². The molecule has 1 heterocycles. The lowest BCUT2D eigenvalue weighted by Crippen LogP contribution is -2.07. The number of anilines is 5. The smallest absolute Gasteiger partial charge is 0.393 e. The van der Waals surface area contributed by atoms with Crippen LogP contribution in [0.15, 0.2) is 48.8 Å². The van der Waals surface area contributed by atoms with Gasteiger partial charge in [-0.2, -0.15) is 13.2 Å². The highest BCUT2D eigenvalue weighted by Crippen LogP contribution is 2.32. The van der Waals surface area contributed by atoms with Gasteiger partial charge >= 0.3 is 6.18 Å². The van der Waals surface area contributed by atoms with Gasteiger partial charge in [-0.3, -0.25) is 0 Å². The fourth-order valence-electron chi connectivity index (χ4n) is 2.37. The molecular formula is C18H15ClF3N5. The van der Waals surface area contributed by atoms with Crippen molar-refractivity contribution in [2.45, 2.75) is 13.1 Å². The van der Waals surface area contributed by atoms with Gasteiger partial charge in [0.15, 0.2) is 11.6 Å². The lowest BCUT2D eigenvalue weighted by molar-refractivity contribution is -0.137. The molecule has 2 aromatic carbocycles. The number of hydrogen-bond acceptors (Lipinski definition) is 5. The summed E-state index contributed by atoms with van der Waals surface area (Å²) in [6, 6.07) is 9.90. The number of aryl methyl sites for hydroxylation is 1. The molecule has 140 valence electrons. The molecule has 4 N–H and O–H groups in total. The van der Waals surface area contributed by atoms with E-state index in [1.54, 1.807) is 18.2 Å². The summed E-state index contributed by atoms with van der Waals surface area (Å²) in [5.74, 6) is 0.642. The lowest BCUT2D eigenvalue weighted by atomic mass is 10.2. The number of nitrogens with two attached hydrogens (primary N) is 1. The molecule has 0 bridgehead atoms. The van der Waals surface area contributed by atoms with Crippen molar-refractivity contribution in [2.75, 3.05) is 16.4 Å². The van der Waals surface area contributed by atoms with Crippen LogP contribution >= 0.6 is 11.6 Å². The van der Waals surface area contributed by atoms with Gasteiger partial charge in [0, 0.05) is 16.4 Å². The van der Waals surface area contributed by atoms with Crippen molar-refractivity contribution >= 4 is 40.3 Å². The van der Waals surface area contributed by atoms with E-state index in [0.29, 0.717) is 16.5 Å². The minimum Gasteiger partial charge on any atom is -0.393 e. The molecule has 0 aliphatic heterocycles. The van der Waals surface area contributed by atoms with E-state index in [1.807, 2.05) is 6.92 Å². The maximum atomic E-state index is 12.7. The van der Waals surface area contributed by atoms with Gasteiger partial charge in [0.1, 0.15) is 12.0 Å². The van der Waals surface area contributed by atoms with E-state index >= 15 is 0 Å². The van der Waals surface area contributed by atoms with Gasteiger partial charge in [-0.1, -0.05) is 11.6 Å². The number of halogens is 4.